The van der Waals surface area contributed by atoms with Gasteiger partial charge in [0, 0.05) is 25.3 Å². The molecule has 1 aromatic rings. The fourth-order valence-electron chi connectivity index (χ4n) is 2.00. The fourth-order valence-corrected chi connectivity index (χ4v) is 2.00. The van der Waals surface area contributed by atoms with E-state index >= 15 is 0 Å². The zero-order valence-electron chi connectivity index (χ0n) is 9.37. The monoisotopic (exact) mass is 226 g/mol. The van der Waals surface area contributed by atoms with E-state index in [-0.39, 0.29) is 18.5 Å². The Balaban J connectivity index is 2.08. The van der Waals surface area contributed by atoms with Crippen molar-refractivity contribution in [2.24, 2.45) is 0 Å². The molecule has 0 aromatic heterocycles. The number of halogens is 2. The highest BCUT2D eigenvalue weighted by Crippen LogP contribution is 2.19. The molecular weight excluding hydrogens is 210 g/mol. The minimum atomic E-state index is -0.339. The molecule has 1 aliphatic rings. The van der Waals surface area contributed by atoms with Crippen LogP contribution in [0.4, 0.5) is 14.5 Å². The zero-order chi connectivity index (χ0) is 11.5. The van der Waals surface area contributed by atoms with Crippen LogP contribution in [-0.2, 0) is 0 Å². The first kappa shape index (κ1) is 11.3. The molecule has 0 amide bonds. The van der Waals surface area contributed by atoms with Crippen LogP contribution in [0.5, 0.6) is 0 Å². The van der Waals surface area contributed by atoms with Gasteiger partial charge in [0.1, 0.15) is 12.5 Å². The fraction of sp³-hybridized carbons (Fsp3) is 0.500. The van der Waals surface area contributed by atoms with Gasteiger partial charge in [-0.05, 0) is 31.3 Å². The zero-order valence-corrected chi connectivity index (χ0v) is 9.37. The molecule has 0 N–H and O–H groups in total. The molecule has 1 saturated heterocycles. The topological polar surface area (TPSA) is 6.48 Å². The number of hydrogen-bond donors (Lipinski definition) is 0. The van der Waals surface area contributed by atoms with E-state index in [1.54, 1.807) is 12.1 Å². The van der Waals surface area contributed by atoms with Gasteiger partial charge >= 0.3 is 0 Å². The summed E-state index contributed by atoms with van der Waals surface area (Å²) in [7, 11) is 1.94. The summed E-state index contributed by atoms with van der Waals surface area (Å²) in [5.74, 6) is -0.236. The summed E-state index contributed by atoms with van der Waals surface area (Å²) in [4.78, 5) is 4.13. The molecule has 2 nitrogen and oxygen atoms in total. The van der Waals surface area contributed by atoms with Crippen LogP contribution in [0.15, 0.2) is 24.3 Å². The van der Waals surface area contributed by atoms with Crippen LogP contribution in [0.1, 0.15) is 0 Å². The maximum atomic E-state index is 12.8. The summed E-state index contributed by atoms with van der Waals surface area (Å²) in [6.45, 7) is 2.03. The number of piperazine rings is 1. The largest absolute Gasteiger partial charge is 0.369 e. The molecule has 1 fully saturated rings. The molecule has 1 aliphatic heterocycles. The number of hydrogen-bond acceptors (Lipinski definition) is 2. The Morgan fingerprint density at radius 3 is 2.56 bits per heavy atom. The number of rotatable bonds is 2. The highest BCUT2D eigenvalue weighted by Gasteiger charge is 2.24. The molecule has 2 rings (SSSR count). The third kappa shape index (κ3) is 2.32. The lowest BCUT2D eigenvalue weighted by Crippen LogP contribution is -2.52. The van der Waals surface area contributed by atoms with Crippen LogP contribution in [0.2, 0.25) is 0 Å². The lowest BCUT2D eigenvalue weighted by molar-refractivity contribution is 0.183. The number of likely N-dealkylation sites (N-methyl/N-ethyl adjacent to an activating group) is 1. The van der Waals surface area contributed by atoms with E-state index in [0.717, 1.165) is 18.8 Å². The van der Waals surface area contributed by atoms with Crippen LogP contribution in [-0.4, -0.2) is 44.3 Å². The van der Waals surface area contributed by atoms with E-state index in [1.807, 2.05) is 11.9 Å². The van der Waals surface area contributed by atoms with Gasteiger partial charge < -0.3 is 4.90 Å². The number of nitrogens with zero attached hydrogens (tertiary/aromatic N) is 2. The first-order valence-electron chi connectivity index (χ1n) is 5.47. The summed E-state index contributed by atoms with van der Waals surface area (Å²) >= 11 is 0. The predicted molar refractivity (Wildman–Crippen MR) is 61.0 cm³/mol. The minimum Gasteiger partial charge on any atom is -0.369 e. The van der Waals surface area contributed by atoms with Gasteiger partial charge in [-0.25, -0.2) is 8.78 Å². The molecule has 4 heteroatoms. The predicted octanol–water partition coefficient (Wildman–Crippen LogP) is 1.92. The van der Waals surface area contributed by atoms with E-state index < -0.39 is 0 Å². The van der Waals surface area contributed by atoms with E-state index in [4.69, 9.17) is 0 Å². The lowest BCUT2D eigenvalue weighted by Gasteiger charge is -2.39. The van der Waals surface area contributed by atoms with E-state index in [9.17, 15) is 8.78 Å². The van der Waals surface area contributed by atoms with Crippen LogP contribution in [0.25, 0.3) is 0 Å². The van der Waals surface area contributed by atoms with Gasteiger partial charge in [0.15, 0.2) is 0 Å². The second kappa shape index (κ2) is 4.78. The Labute approximate surface area is 94.5 Å². The van der Waals surface area contributed by atoms with Crippen molar-refractivity contribution in [1.82, 2.24) is 4.90 Å². The molecular formula is C12H16F2N2. The van der Waals surface area contributed by atoms with Gasteiger partial charge in [-0.3, -0.25) is 4.90 Å². The molecule has 0 bridgehead atoms. The smallest absolute Gasteiger partial charge is 0.123 e. The summed E-state index contributed by atoms with van der Waals surface area (Å²) in [5, 5.41) is 0. The number of alkyl halides is 1. The van der Waals surface area contributed by atoms with Gasteiger partial charge in [0.2, 0.25) is 0 Å². The standard InChI is InChI=1S/C12H16F2N2/c1-15-6-7-16(9-12(15)8-13)11-4-2-10(14)3-5-11/h2-5,12H,6-9H2,1H3. The summed E-state index contributed by atoms with van der Waals surface area (Å²) in [6.07, 6.45) is 0. The maximum Gasteiger partial charge on any atom is 0.123 e. The van der Waals surface area contributed by atoms with E-state index in [1.165, 1.54) is 12.1 Å². The van der Waals surface area contributed by atoms with Crippen molar-refractivity contribution in [3.05, 3.63) is 30.1 Å². The Morgan fingerprint density at radius 2 is 1.94 bits per heavy atom. The molecule has 0 saturated carbocycles. The second-order valence-corrected chi connectivity index (χ2v) is 4.21. The molecule has 88 valence electrons. The molecule has 1 aromatic carbocycles. The number of anilines is 1. The first-order valence-corrected chi connectivity index (χ1v) is 5.47. The van der Waals surface area contributed by atoms with Gasteiger partial charge in [-0.2, -0.15) is 0 Å². The molecule has 1 heterocycles. The summed E-state index contributed by atoms with van der Waals surface area (Å²) < 4.78 is 25.5. The molecule has 16 heavy (non-hydrogen) atoms. The highest BCUT2D eigenvalue weighted by atomic mass is 19.1. The van der Waals surface area contributed by atoms with Crippen molar-refractivity contribution in [3.63, 3.8) is 0 Å². The Morgan fingerprint density at radius 1 is 1.25 bits per heavy atom. The lowest BCUT2D eigenvalue weighted by atomic mass is 10.1. The Hall–Kier alpha value is -1.16. The van der Waals surface area contributed by atoms with Crippen molar-refractivity contribution in [2.45, 2.75) is 6.04 Å². The molecule has 0 aliphatic carbocycles. The Kier molecular flexibility index (Phi) is 3.39. The van der Waals surface area contributed by atoms with Crippen LogP contribution in [0, 0.1) is 5.82 Å². The van der Waals surface area contributed by atoms with Gasteiger partial charge in [-0.15, -0.1) is 0 Å². The van der Waals surface area contributed by atoms with E-state index in [0.29, 0.717) is 6.54 Å². The average molecular weight is 226 g/mol. The normalized spacial score (nSPS) is 22.4. The van der Waals surface area contributed by atoms with Crippen LogP contribution in [0.3, 0.4) is 0 Å². The van der Waals surface area contributed by atoms with Crippen molar-refractivity contribution in [2.75, 3.05) is 38.3 Å². The average Bonchev–Trinajstić information content (AvgIpc) is 2.31. The van der Waals surface area contributed by atoms with Gasteiger partial charge in [0.05, 0.1) is 6.04 Å². The molecule has 1 atom stereocenters. The molecule has 0 spiro atoms. The van der Waals surface area contributed by atoms with E-state index in [2.05, 4.69) is 4.90 Å². The van der Waals surface area contributed by atoms with Crippen molar-refractivity contribution in [1.29, 1.82) is 0 Å². The van der Waals surface area contributed by atoms with Crippen molar-refractivity contribution in [3.8, 4) is 0 Å². The first-order chi connectivity index (χ1) is 7.70. The minimum absolute atomic E-state index is 0.0567. The quantitative estimate of drug-likeness (QED) is 0.760. The summed E-state index contributed by atoms with van der Waals surface area (Å²) in [5.41, 5.74) is 0.966. The third-order valence-corrected chi connectivity index (χ3v) is 3.15. The maximum absolute atomic E-state index is 12.8. The molecule has 1 unspecified atom stereocenters. The summed E-state index contributed by atoms with van der Waals surface area (Å²) in [6, 6.07) is 6.32. The van der Waals surface area contributed by atoms with Crippen LogP contribution < -0.4 is 4.90 Å². The van der Waals surface area contributed by atoms with Crippen molar-refractivity contribution < 1.29 is 8.78 Å². The second-order valence-electron chi connectivity index (χ2n) is 4.21. The SMILES string of the molecule is CN1CCN(c2ccc(F)cc2)CC1CF. The van der Waals surface area contributed by atoms with Gasteiger partial charge in [0.25, 0.3) is 0 Å². The van der Waals surface area contributed by atoms with Crippen LogP contribution >= 0.6 is 0 Å². The van der Waals surface area contributed by atoms with Gasteiger partial charge in [-0.1, -0.05) is 0 Å². The third-order valence-electron chi connectivity index (χ3n) is 3.15. The molecule has 0 radical (unpaired) electrons. The van der Waals surface area contributed by atoms with Crippen molar-refractivity contribution >= 4 is 5.69 Å². The Bertz CT molecular complexity index is 339. The number of benzene rings is 1. The highest BCUT2D eigenvalue weighted by molar-refractivity contribution is 5.46.